The minimum absolute atomic E-state index is 0.185. The molecule has 0 amide bonds. The number of anilines is 1. The van der Waals surface area contributed by atoms with E-state index in [-0.39, 0.29) is 4.90 Å². The monoisotopic (exact) mass is 351 g/mol. The van der Waals surface area contributed by atoms with Crippen molar-refractivity contribution in [1.29, 1.82) is 5.26 Å². The van der Waals surface area contributed by atoms with Crippen LogP contribution in [0.1, 0.15) is 5.56 Å². The predicted molar refractivity (Wildman–Crippen MR) is 89.6 cm³/mol. The summed E-state index contributed by atoms with van der Waals surface area (Å²) in [6.45, 7) is 5.29. The molecule has 3 rings (SSSR count). The van der Waals surface area contributed by atoms with Gasteiger partial charge in [-0.15, -0.1) is 0 Å². The lowest BCUT2D eigenvalue weighted by molar-refractivity contribution is -0.880. The van der Waals surface area contributed by atoms with Crippen LogP contribution in [0, 0.1) is 11.3 Å². The molecule has 2 aliphatic heterocycles. The van der Waals surface area contributed by atoms with Crippen LogP contribution in [-0.4, -0.2) is 72.3 Å². The molecule has 0 radical (unpaired) electrons. The molecule has 2 aliphatic rings. The van der Waals surface area contributed by atoms with E-state index >= 15 is 0 Å². The van der Waals surface area contributed by atoms with Crippen molar-refractivity contribution < 1.29 is 18.1 Å². The van der Waals surface area contributed by atoms with E-state index in [0.717, 1.165) is 31.9 Å². The molecular weight excluding hydrogens is 328 g/mol. The molecule has 0 saturated carbocycles. The number of morpholine rings is 1. The fourth-order valence-corrected chi connectivity index (χ4v) is 4.54. The van der Waals surface area contributed by atoms with Crippen LogP contribution in [0.3, 0.4) is 0 Å². The SMILES string of the molecule is C[NH+]1CCN(c2ccc(S(=O)(=O)N3CCOCC3)cc2C#N)CC1. The molecule has 2 heterocycles. The molecule has 0 aromatic heterocycles. The van der Waals surface area contributed by atoms with Gasteiger partial charge in [0.15, 0.2) is 0 Å². The Kier molecular flexibility index (Phi) is 5.06. The molecule has 0 unspecified atom stereocenters. The highest BCUT2D eigenvalue weighted by molar-refractivity contribution is 7.89. The van der Waals surface area contributed by atoms with Crippen LogP contribution in [0.15, 0.2) is 23.1 Å². The van der Waals surface area contributed by atoms with Gasteiger partial charge in [0, 0.05) is 13.1 Å². The van der Waals surface area contributed by atoms with E-state index in [1.54, 1.807) is 12.1 Å². The molecular formula is C16H23N4O3S+. The van der Waals surface area contributed by atoms with Gasteiger partial charge >= 0.3 is 0 Å². The predicted octanol–water partition coefficient (Wildman–Crippen LogP) is -1.09. The van der Waals surface area contributed by atoms with Crippen molar-refractivity contribution in [3.63, 3.8) is 0 Å². The number of benzene rings is 1. The number of likely N-dealkylation sites (N-methyl/N-ethyl adjacent to an activating group) is 1. The van der Waals surface area contributed by atoms with Crippen LogP contribution >= 0.6 is 0 Å². The summed E-state index contributed by atoms with van der Waals surface area (Å²) in [5, 5.41) is 9.49. The van der Waals surface area contributed by atoms with E-state index in [4.69, 9.17) is 4.74 Å². The number of rotatable bonds is 3. The Morgan fingerprint density at radius 2 is 1.83 bits per heavy atom. The standard InChI is InChI=1S/C16H22N4O3S/c1-18-4-6-19(7-5-18)16-3-2-15(12-14(16)13-17)24(21,22)20-8-10-23-11-9-20/h2-3,12H,4-11H2,1H3/p+1. The maximum absolute atomic E-state index is 12.7. The number of sulfonamides is 1. The van der Waals surface area contributed by atoms with Crippen LogP contribution in [0.4, 0.5) is 5.69 Å². The van der Waals surface area contributed by atoms with Crippen LogP contribution in [0.25, 0.3) is 0 Å². The van der Waals surface area contributed by atoms with Crippen molar-refractivity contribution in [3.05, 3.63) is 23.8 Å². The van der Waals surface area contributed by atoms with Crippen LogP contribution in [0.2, 0.25) is 0 Å². The third-order valence-electron chi connectivity index (χ3n) is 4.65. The number of nitrogens with one attached hydrogen (secondary N) is 1. The average molecular weight is 351 g/mol. The fraction of sp³-hybridized carbons (Fsp3) is 0.562. The number of nitriles is 1. The van der Waals surface area contributed by atoms with E-state index in [2.05, 4.69) is 18.0 Å². The van der Waals surface area contributed by atoms with Crippen molar-refractivity contribution >= 4 is 15.7 Å². The number of piperazine rings is 1. The highest BCUT2D eigenvalue weighted by atomic mass is 32.2. The number of nitrogens with zero attached hydrogens (tertiary/aromatic N) is 3. The first-order valence-corrected chi connectivity index (χ1v) is 9.64. The summed E-state index contributed by atoms with van der Waals surface area (Å²) in [4.78, 5) is 3.82. The van der Waals surface area contributed by atoms with Gasteiger partial charge in [0.25, 0.3) is 0 Å². The number of quaternary nitrogens is 1. The first kappa shape index (κ1) is 17.2. The molecule has 2 saturated heterocycles. The first-order valence-electron chi connectivity index (χ1n) is 8.20. The third kappa shape index (κ3) is 3.39. The van der Waals surface area contributed by atoms with Crippen molar-refractivity contribution in [2.75, 3.05) is 64.4 Å². The largest absolute Gasteiger partial charge is 0.379 e. The van der Waals surface area contributed by atoms with Crippen molar-refractivity contribution in [3.8, 4) is 6.07 Å². The second-order valence-electron chi connectivity index (χ2n) is 6.25. The molecule has 7 nitrogen and oxygen atoms in total. The highest BCUT2D eigenvalue weighted by Crippen LogP contribution is 2.26. The Morgan fingerprint density at radius 1 is 1.17 bits per heavy atom. The zero-order chi connectivity index (χ0) is 17.2. The highest BCUT2D eigenvalue weighted by Gasteiger charge is 2.28. The first-order chi connectivity index (χ1) is 11.5. The van der Waals surface area contributed by atoms with Crippen LogP contribution in [-0.2, 0) is 14.8 Å². The molecule has 8 heteroatoms. The topological polar surface area (TPSA) is 78.1 Å². The molecule has 1 aromatic carbocycles. The maximum Gasteiger partial charge on any atom is 0.243 e. The lowest BCUT2D eigenvalue weighted by Crippen LogP contribution is -3.12. The quantitative estimate of drug-likeness (QED) is 0.749. The second kappa shape index (κ2) is 7.07. The van der Waals surface area contributed by atoms with E-state index in [1.807, 2.05) is 0 Å². The van der Waals surface area contributed by atoms with E-state index < -0.39 is 10.0 Å². The smallest absolute Gasteiger partial charge is 0.243 e. The van der Waals surface area contributed by atoms with Crippen molar-refractivity contribution in [2.24, 2.45) is 0 Å². The van der Waals surface area contributed by atoms with Crippen molar-refractivity contribution in [2.45, 2.75) is 4.90 Å². The van der Waals surface area contributed by atoms with Gasteiger partial charge in [-0.2, -0.15) is 9.57 Å². The van der Waals surface area contributed by atoms with E-state index in [9.17, 15) is 13.7 Å². The fourth-order valence-electron chi connectivity index (χ4n) is 3.11. The molecule has 0 atom stereocenters. The Hall–Kier alpha value is -1.66. The summed E-state index contributed by atoms with van der Waals surface area (Å²) in [5.41, 5.74) is 1.25. The van der Waals surface area contributed by atoms with Gasteiger partial charge in [-0.05, 0) is 18.2 Å². The zero-order valence-corrected chi connectivity index (χ0v) is 14.7. The van der Waals surface area contributed by atoms with Crippen molar-refractivity contribution in [1.82, 2.24) is 4.31 Å². The summed E-state index contributed by atoms with van der Waals surface area (Å²) >= 11 is 0. The summed E-state index contributed by atoms with van der Waals surface area (Å²) in [7, 11) is -1.42. The molecule has 0 bridgehead atoms. The Labute approximate surface area is 143 Å². The molecule has 24 heavy (non-hydrogen) atoms. The Balaban J connectivity index is 1.87. The van der Waals surface area contributed by atoms with Crippen LogP contribution < -0.4 is 9.80 Å². The summed E-state index contributed by atoms with van der Waals surface area (Å²) in [6.07, 6.45) is 0. The minimum atomic E-state index is -3.57. The molecule has 2 fully saturated rings. The number of hydrogen-bond donors (Lipinski definition) is 1. The van der Waals surface area contributed by atoms with E-state index in [1.165, 1.54) is 15.3 Å². The van der Waals surface area contributed by atoms with Gasteiger partial charge in [-0.3, -0.25) is 0 Å². The van der Waals surface area contributed by atoms with Gasteiger partial charge in [0.2, 0.25) is 10.0 Å². The Bertz CT molecular complexity index is 730. The summed E-state index contributed by atoms with van der Waals surface area (Å²) in [6, 6.07) is 7.06. The average Bonchev–Trinajstić information content (AvgIpc) is 2.62. The van der Waals surface area contributed by atoms with Gasteiger partial charge in [-0.1, -0.05) is 0 Å². The molecule has 0 aliphatic carbocycles. The van der Waals surface area contributed by atoms with Gasteiger partial charge in [-0.25, -0.2) is 8.42 Å². The van der Waals surface area contributed by atoms with E-state index in [0.29, 0.717) is 31.9 Å². The molecule has 1 aromatic rings. The normalized spacial score (nSPS) is 20.8. The number of hydrogen-bond acceptors (Lipinski definition) is 5. The van der Waals surface area contributed by atoms with Gasteiger partial charge in [0.1, 0.15) is 6.07 Å². The molecule has 0 spiro atoms. The zero-order valence-electron chi connectivity index (χ0n) is 13.9. The minimum Gasteiger partial charge on any atom is -0.379 e. The summed E-state index contributed by atoms with van der Waals surface area (Å²) < 4.78 is 32.1. The summed E-state index contributed by atoms with van der Waals surface area (Å²) in [5.74, 6) is 0. The van der Waals surface area contributed by atoms with Gasteiger partial charge in [0.05, 0.1) is 62.6 Å². The third-order valence-corrected chi connectivity index (χ3v) is 6.55. The molecule has 130 valence electrons. The molecule has 1 N–H and O–H groups in total. The number of ether oxygens (including phenoxy) is 1. The maximum atomic E-state index is 12.7. The van der Waals surface area contributed by atoms with Gasteiger partial charge < -0.3 is 14.5 Å². The lowest BCUT2D eigenvalue weighted by atomic mass is 10.1. The second-order valence-corrected chi connectivity index (χ2v) is 8.19. The lowest BCUT2D eigenvalue weighted by Gasteiger charge is -2.32. The van der Waals surface area contributed by atoms with Crippen LogP contribution in [0.5, 0.6) is 0 Å². The Morgan fingerprint density at radius 3 is 2.46 bits per heavy atom.